The van der Waals surface area contributed by atoms with Crippen molar-refractivity contribution in [2.45, 2.75) is 6.42 Å². The van der Waals surface area contributed by atoms with Gasteiger partial charge in [0, 0.05) is 37.6 Å². The summed E-state index contributed by atoms with van der Waals surface area (Å²) in [5.74, 6) is -0.474. The first kappa shape index (κ1) is 21.3. The van der Waals surface area contributed by atoms with Gasteiger partial charge in [0.1, 0.15) is 0 Å². The number of amides is 2. The number of carbonyl (C=O) groups is 2. The largest absolute Gasteiger partial charge is 0.385 e. The molecule has 0 atom stereocenters. The first-order valence-electron chi connectivity index (χ1n) is 8.81. The van der Waals surface area contributed by atoms with E-state index in [1.165, 1.54) is 6.08 Å². The van der Waals surface area contributed by atoms with E-state index >= 15 is 0 Å². The zero-order valence-electron chi connectivity index (χ0n) is 15.6. The average Bonchev–Trinajstić information content (AvgIpc) is 2.71. The predicted octanol–water partition coefficient (Wildman–Crippen LogP) is 2.98. The molecule has 3 N–H and O–H groups in total. The summed E-state index contributed by atoms with van der Waals surface area (Å²) in [4.78, 5) is 23.9. The molecule has 146 valence electrons. The fraction of sp³-hybridized carbons (Fsp3) is 0.190. The van der Waals surface area contributed by atoms with Crippen molar-refractivity contribution < 1.29 is 14.3 Å². The molecule has 0 bridgehead atoms. The lowest BCUT2D eigenvalue weighted by Crippen LogP contribution is -2.32. The Kier molecular flexibility index (Phi) is 8.84. The van der Waals surface area contributed by atoms with Crippen LogP contribution in [0.5, 0.6) is 0 Å². The van der Waals surface area contributed by atoms with Gasteiger partial charge in [-0.15, -0.1) is 0 Å². The highest BCUT2D eigenvalue weighted by atomic mass is 32.1. The predicted molar refractivity (Wildman–Crippen MR) is 115 cm³/mol. The molecule has 0 saturated heterocycles. The van der Waals surface area contributed by atoms with E-state index in [0.29, 0.717) is 24.4 Å². The van der Waals surface area contributed by atoms with Crippen LogP contribution < -0.4 is 16.0 Å². The number of carbonyl (C=O) groups excluding carboxylic acids is 2. The Hall–Kier alpha value is -3.03. The molecule has 0 radical (unpaired) electrons. The van der Waals surface area contributed by atoms with Crippen molar-refractivity contribution in [1.82, 2.24) is 10.6 Å². The fourth-order valence-corrected chi connectivity index (χ4v) is 2.50. The number of hydrogen-bond acceptors (Lipinski definition) is 4. The van der Waals surface area contributed by atoms with Gasteiger partial charge in [0.2, 0.25) is 5.91 Å². The summed E-state index contributed by atoms with van der Waals surface area (Å²) in [6.07, 6.45) is 3.88. The van der Waals surface area contributed by atoms with Gasteiger partial charge in [-0.05, 0) is 54.5 Å². The molecule has 2 rings (SSSR count). The van der Waals surface area contributed by atoms with Crippen molar-refractivity contribution in [1.29, 1.82) is 0 Å². The molecule has 2 aromatic carbocycles. The highest BCUT2D eigenvalue weighted by Gasteiger charge is 2.06. The molecule has 0 aliphatic rings. The maximum Gasteiger partial charge on any atom is 0.251 e. The SMILES string of the molecule is COCCCNC(=O)c1ccc(NC(=S)NC(=O)/C=C/c2ccccc2)cc1. The van der Waals surface area contributed by atoms with Crippen LogP contribution in [-0.2, 0) is 9.53 Å². The van der Waals surface area contributed by atoms with Crippen molar-refractivity contribution in [2.24, 2.45) is 0 Å². The molecular weight excluding hydrogens is 374 g/mol. The van der Waals surface area contributed by atoms with E-state index in [9.17, 15) is 9.59 Å². The third-order valence-corrected chi connectivity index (χ3v) is 3.88. The van der Waals surface area contributed by atoms with Crippen molar-refractivity contribution in [3.8, 4) is 0 Å². The maximum absolute atomic E-state index is 12.0. The summed E-state index contributed by atoms with van der Waals surface area (Å²) in [5, 5.41) is 8.49. The Labute approximate surface area is 170 Å². The van der Waals surface area contributed by atoms with Gasteiger partial charge in [0.25, 0.3) is 5.91 Å². The molecule has 0 aromatic heterocycles. The van der Waals surface area contributed by atoms with Crippen molar-refractivity contribution in [3.63, 3.8) is 0 Å². The topological polar surface area (TPSA) is 79.5 Å². The maximum atomic E-state index is 12.0. The van der Waals surface area contributed by atoms with E-state index in [1.54, 1.807) is 37.5 Å². The molecule has 0 aliphatic carbocycles. The van der Waals surface area contributed by atoms with E-state index in [0.717, 1.165) is 12.0 Å². The van der Waals surface area contributed by atoms with Crippen LogP contribution in [0, 0.1) is 0 Å². The summed E-state index contributed by atoms with van der Waals surface area (Å²) in [6.45, 7) is 1.16. The van der Waals surface area contributed by atoms with Gasteiger partial charge in [-0.1, -0.05) is 30.3 Å². The summed E-state index contributed by atoms with van der Waals surface area (Å²) >= 11 is 5.14. The molecule has 28 heavy (non-hydrogen) atoms. The molecule has 0 aliphatic heterocycles. The van der Waals surface area contributed by atoms with Gasteiger partial charge < -0.3 is 15.4 Å². The first-order valence-corrected chi connectivity index (χ1v) is 9.21. The fourth-order valence-electron chi connectivity index (χ4n) is 2.28. The number of hydrogen-bond donors (Lipinski definition) is 3. The van der Waals surface area contributed by atoms with Gasteiger partial charge in [-0.3, -0.25) is 14.9 Å². The molecule has 2 aromatic rings. The molecular formula is C21H23N3O3S. The minimum atomic E-state index is -0.326. The number of benzene rings is 2. The lowest BCUT2D eigenvalue weighted by molar-refractivity contribution is -0.115. The van der Waals surface area contributed by atoms with Crippen LogP contribution in [0.15, 0.2) is 60.7 Å². The number of anilines is 1. The van der Waals surface area contributed by atoms with Gasteiger partial charge in [0.15, 0.2) is 5.11 Å². The van der Waals surface area contributed by atoms with E-state index in [4.69, 9.17) is 17.0 Å². The van der Waals surface area contributed by atoms with E-state index in [1.807, 2.05) is 30.3 Å². The van der Waals surface area contributed by atoms with Gasteiger partial charge >= 0.3 is 0 Å². The lowest BCUT2D eigenvalue weighted by Gasteiger charge is -2.09. The van der Waals surface area contributed by atoms with Crippen molar-refractivity contribution >= 4 is 40.9 Å². The average molecular weight is 398 g/mol. The molecule has 7 heteroatoms. The molecule has 0 spiro atoms. The van der Waals surface area contributed by atoms with Crippen molar-refractivity contribution in [3.05, 3.63) is 71.8 Å². The third-order valence-electron chi connectivity index (χ3n) is 3.68. The van der Waals surface area contributed by atoms with Gasteiger partial charge in [-0.2, -0.15) is 0 Å². The first-order chi connectivity index (χ1) is 13.6. The van der Waals surface area contributed by atoms with Crippen LogP contribution in [0.25, 0.3) is 6.08 Å². The molecule has 2 amide bonds. The van der Waals surface area contributed by atoms with E-state index in [-0.39, 0.29) is 16.9 Å². The zero-order valence-corrected chi connectivity index (χ0v) is 16.4. The van der Waals surface area contributed by atoms with Crippen LogP contribution in [0.4, 0.5) is 5.69 Å². The zero-order chi connectivity index (χ0) is 20.2. The molecule has 0 heterocycles. The second-order valence-electron chi connectivity index (χ2n) is 5.87. The highest BCUT2D eigenvalue weighted by molar-refractivity contribution is 7.80. The third kappa shape index (κ3) is 7.69. The Morgan fingerprint density at radius 2 is 1.79 bits per heavy atom. The Bertz CT molecular complexity index is 821. The second kappa shape index (κ2) is 11.6. The van der Waals surface area contributed by atoms with Crippen LogP contribution in [-0.4, -0.2) is 37.2 Å². The smallest absolute Gasteiger partial charge is 0.251 e. The number of nitrogens with one attached hydrogen (secondary N) is 3. The van der Waals surface area contributed by atoms with Gasteiger partial charge in [0.05, 0.1) is 0 Å². The molecule has 0 unspecified atom stereocenters. The minimum Gasteiger partial charge on any atom is -0.385 e. The normalized spacial score (nSPS) is 10.5. The summed E-state index contributed by atoms with van der Waals surface area (Å²) < 4.78 is 4.94. The van der Waals surface area contributed by atoms with E-state index in [2.05, 4.69) is 16.0 Å². The Morgan fingerprint density at radius 3 is 2.46 bits per heavy atom. The summed E-state index contributed by atoms with van der Waals surface area (Å²) in [5.41, 5.74) is 2.14. The number of thiocarbonyl (C=S) groups is 1. The molecule has 0 saturated carbocycles. The van der Waals surface area contributed by atoms with Crippen LogP contribution in [0.1, 0.15) is 22.3 Å². The Balaban J connectivity index is 1.79. The monoisotopic (exact) mass is 397 g/mol. The number of rotatable bonds is 8. The van der Waals surface area contributed by atoms with E-state index < -0.39 is 0 Å². The van der Waals surface area contributed by atoms with Gasteiger partial charge in [-0.25, -0.2) is 0 Å². The van der Waals surface area contributed by atoms with Crippen LogP contribution in [0.3, 0.4) is 0 Å². The molecule has 0 fully saturated rings. The standard InChI is InChI=1S/C21H23N3O3S/c1-27-15-5-14-22-20(26)17-9-11-18(12-10-17)23-21(28)24-19(25)13-8-16-6-3-2-4-7-16/h2-4,6-13H,5,14-15H2,1H3,(H,22,26)(H2,23,24,25,28)/b13-8+. The number of ether oxygens (including phenoxy) is 1. The quantitative estimate of drug-likeness (QED) is 0.363. The lowest BCUT2D eigenvalue weighted by atomic mass is 10.2. The highest BCUT2D eigenvalue weighted by Crippen LogP contribution is 2.09. The van der Waals surface area contributed by atoms with Crippen LogP contribution in [0.2, 0.25) is 0 Å². The summed E-state index contributed by atoms with van der Waals surface area (Å²) in [7, 11) is 1.62. The van der Waals surface area contributed by atoms with Crippen LogP contribution >= 0.6 is 12.2 Å². The number of methoxy groups -OCH3 is 1. The van der Waals surface area contributed by atoms with Crippen molar-refractivity contribution in [2.75, 3.05) is 25.6 Å². The Morgan fingerprint density at radius 1 is 1.07 bits per heavy atom. The second-order valence-corrected chi connectivity index (χ2v) is 6.28. The summed E-state index contributed by atoms with van der Waals surface area (Å²) in [6, 6.07) is 16.3. The minimum absolute atomic E-state index is 0.149. The molecule has 6 nitrogen and oxygen atoms in total.